The molecular weight excluding hydrogens is 751 g/mol. The lowest BCUT2D eigenvalue weighted by Crippen LogP contribution is -2.12. The molecule has 2 nitrogen and oxygen atoms in total. The molecule has 290 valence electrons. The van der Waals surface area contributed by atoms with E-state index in [2.05, 4.69) is 229 Å². The first kappa shape index (κ1) is 35.7. The second-order valence-corrected chi connectivity index (χ2v) is 16.0. The van der Waals surface area contributed by atoms with Crippen molar-refractivity contribution in [3.63, 3.8) is 0 Å². The fourth-order valence-electron chi connectivity index (χ4n) is 9.64. The molecule has 0 saturated heterocycles. The zero-order valence-electron chi connectivity index (χ0n) is 33.9. The maximum absolute atomic E-state index is 6.30. The summed E-state index contributed by atoms with van der Waals surface area (Å²) >= 11 is 0. The van der Waals surface area contributed by atoms with E-state index < -0.39 is 0 Å². The van der Waals surface area contributed by atoms with Crippen LogP contribution in [0.3, 0.4) is 0 Å². The van der Waals surface area contributed by atoms with E-state index in [1.54, 1.807) is 0 Å². The van der Waals surface area contributed by atoms with Gasteiger partial charge in [0.1, 0.15) is 11.2 Å². The van der Waals surface area contributed by atoms with Gasteiger partial charge in [0.25, 0.3) is 0 Å². The topological polar surface area (TPSA) is 16.4 Å². The molecule has 0 N–H and O–H groups in total. The Bertz CT molecular complexity index is 3650. The number of fused-ring (bicyclic) bond motifs is 7. The van der Waals surface area contributed by atoms with Crippen molar-refractivity contribution >= 4 is 71.3 Å². The van der Waals surface area contributed by atoms with Gasteiger partial charge in [0.05, 0.1) is 11.4 Å². The van der Waals surface area contributed by atoms with Crippen molar-refractivity contribution in [1.29, 1.82) is 0 Å². The van der Waals surface area contributed by atoms with Gasteiger partial charge in [-0.05, 0) is 108 Å². The van der Waals surface area contributed by atoms with Crippen LogP contribution in [0.15, 0.2) is 241 Å². The molecule has 0 aliphatic rings. The number of benzene rings is 11. The Labute approximate surface area is 360 Å². The lowest BCUT2D eigenvalue weighted by atomic mass is 9.90. The van der Waals surface area contributed by atoms with Crippen molar-refractivity contribution in [3.05, 3.63) is 237 Å². The van der Waals surface area contributed by atoms with Crippen molar-refractivity contribution in [2.45, 2.75) is 0 Å². The van der Waals surface area contributed by atoms with Crippen LogP contribution in [0, 0.1) is 0 Å². The van der Waals surface area contributed by atoms with Crippen LogP contribution in [0.5, 0.6) is 0 Å². The van der Waals surface area contributed by atoms with Crippen LogP contribution in [0.2, 0.25) is 0 Å². The molecule has 0 aliphatic carbocycles. The Balaban J connectivity index is 1.11. The number of furan rings is 1. The Morgan fingerprint density at radius 2 is 0.855 bits per heavy atom. The third-order valence-corrected chi connectivity index (χ3v) is 12.5. The minimum absolute atomic E-state index is 0.885. The highest BCUT2D eigenvalue weighted by Crippen LogP contribution is 2.48. The maximum atomic E-state index is 6.30. The van der Waals surface area contributed by atoms with Crippen LogP contribution >= 0.6 is 0 Å². The number of nitrogens with zero attached hydrogens (tertiary/aromatic N) is 1. The van der Waals surface area contributed by atoms with Crippen molar-refractivity contribution in [3.8, 4) is 44.5 Å². The van der Waals surface area contributed by atoms with Gasteiger partial charge >= 0.3 is 0 Å². The highest BCUT2D eigenvalue weighted by atomic mass is 16.3. The average molecular weight is 790 g/mol. The van der Waals surface area contributed by atoms with Crippen LogP contribution in [0.25, 0.3) is 98.8 Å². The highest BCUT2D eigenvalue weighted by Gasteiger charge is 2.23. The molecule has 2 heteroatoms. The van der Waals surface area contributed by atoms with Gasteiger partial charge in [-0.2, -0.15) is 0 Å². The standard InChI is InChI=1S/C60H39NO/c1-2-16-40(17-3-1)49-28-13-19-42-20-14-30-54(60(42)49)52-25-7-10-32-57(52)61(56-31-9-6-24-48(56)44-35-37-59-55(39-44)53-26-8-11-33-58(53)62-59)45-22-12-21-43(38-45)47-27-15-29-50-46-23-5-4-18-41(46)34-36-51(47)50/h1-39H. The van der Waals surface area contributed by atoms with E-state index >= 15 is 0 Å². The molecule has 62 heavy (non-hydrogen) atoms. The monoisotopic (exact) mass is 789 g/mol. The number of hydrogen-bond acceptors (Lipinski definition) is 2. The third-order valence-electron chi connectivity index (χ3n) is 12.5. The second-order valence-electron chi connectivity index (χ2n) is 16.0. The molecular formula is C60H39NO. The number of rotatable bonds is 7. The van der Waals surface area contributed by atoms with Gasteiger partial charge in [-0.15, -0.1) is 0 Å². The Morgan fingerprint density at radius 1 is 0.274 bits per heavy atom. The molecule has 0 fully saturated rings. The van der Waals surface area contributed by atoms with E-state index in [9.17, 15) is 0 Å². The van der Waals surface area contributed by atoms with E-state index in [4.69, 9.17) is 4.42 Å². The molecule has 0 spiro atoms. The maximum Gasteiger partial charge on any atom is 0.135 e. The third kappa shape index (κ3) is 5.96. The summed E-state index contributed by atoms with van der Waals surface area (Å²) in [6.07, 6.45) is 0. The van der Waals surface area contributed by atoms with Crippen molar-refractivity contribution in [2.75, 3.05) is 4.90 Å². The number of para-hydroxylation sites is 3. The quantitative estimate of drug-likeness (QED) is 0.150. The van der Waals surface area contributed by atoms with Crippen LogP contribution in [0.4, 0.5) is 17.1 Å². The smallest absolute Gasteiger partial charge is 0.135 e. The Hall–Kier alpha value is -8.20. The summed E-state index contributed by atoms with van der Waals surface area (Å²) in [7, 11) is 0. The minimum atomic E-state index is 0.885. The summed E-state index contributed by atoms with van der Waals surface area (Å²) in [5.74, 6) is 0. The summed E-state index contributed by atoms with van der Waals surface area (Å²) in [4.78, 5) is 2.47. The van der Waals surface area contributed by atoms with E-state index in [1.807, 2.05) is 12.1 Å². The highest BCUT2D eigenvalue weighted by molar-refractivity contribution is 6.13. The van der Waals surface area contributed by atoms with Crippen LogP contribution in [-0.2, 0) is 0 Å². The number of hydrogen-bond donors (Lipinski definition) is 0. The van der Waals surface area contributed by atoms with Gasteiger partial charge in [-0.1, -0.05) is 194 Å². The molecule has 12 aromatic rings. The average Bonchev–Trinajstić information content (AvgIpc) is 3.72. The van der Waals surface area contributed by atoms with Gasteiger partial charge in [-0.3, -0.25) is 0 Å². The molecule has 0 radical (unpaired) electrons. The summed E-state index contributed by atoms with van der Waals surface area (Å²) in [6.45, 7) is 0. The Morgan fingerprint density at radius 3 is 1.73 bits per heavy atom. The first-order chi connectivity index (χ1) is 30.8. The van der Waals surface area contributed by atoms with Gasteiger partial charge in [0.15, 0.2) is 0 Å². The lowest BCUT2D eigenvalue weighted by Gasteiger charge is -2.30. The molecule has 0 atom stereocenters. The summed E-state index contributed by atoms with van der Waals surface area (Å²) in [5, 5.41) is 9.66. The van der Waals surface area contributed by atoms with E-state index in [0.29, 0.717) is 0 Å². The van der Waals surface area contributed by atoms with Crippen molar-refractivity contribution in [2.24, 2.45) is 0 Å². The van der Waals surface area contributed by atoms with Crippen molar-refractivity contribution < 1.29 is 4.42 Å². The lowest BCUT2D eigenvalue weighted by molar-refractivity contribution is 0.669. The zero-order chi connectivity index (χ0) is 41.0. The minimum Gasteiger partial charge on any atom is -0.456 e. The summed E-state index contributed by atoms with van der Waals surface area (Å²) < 4.78 is 6.30. The van der Waals surface area contributed by atoms with Gasteiger partial charge in [0, 0.05) is 27.6 Å². The second kappa shape index (κ2) is 14.8. The normalized spacial score (nSPS) is 11.5. The molecule has 0 unspecified atom stereocenters. The SMILES string of the molecule is c1ccc(-c2cccc3cccc(-c4ccccc4N(c4cccc(-c5cccc6c5ccc5ccccc56)c4)c4ccccc4-c4ccc5oc6ccccc6c5c4)c23)cc1. The fraction of sp³-hybridized carbons (Fsp3) is 0. The number of anilines is 3. The zero-order valence-corrected chi connectivity index (χ0v) is 33.9. The van der Waals surface area contributed by atoms with E-state index in [0.717, 1.165) is 61.3 Å². The fourth-order valence-corrected chi connectivity index (χ4v) is 9.64. The van der Waals surface area contributed by atoms with Gasteiger partial charge in [-0.25, -0.2) is 0 Å². The molecule has 12 rings (SSSR count). The van der Waals surface area contributed by atoms with Gasteiger partial charge < -0.3 is 9.32 Å². The predicted molar refractivity (Wildman–Crippen MR) is 263 cm³/mol. The van der Waals surface area contributed by atoms with Crippen LogP contribution in [0.1, 0.15) is 0 Å². The largest absolute Gasteiger partial charge is 0.456 e. The molecule has 1 heterocycles. The molecule has 1 aromatic heterocycles. The van der Waals surface area contributed by atoms with E-state index in [-0.39, 0.29) is 0 Å². The molecule has 0 amide bonds. The van der Waals surface area contributed by atoms with Gasteiger partial charge in [0.2, 0.25) is 0 Å². The molecule has 0 saturated carbocycles. The predicted octanol–water partition coefficient (Wildman–Crippen LogP) is 17.2. The first-order valence-electron chi connectivity index (χ1n) is 21.3. The summed E-state index contributed by atoms with van der Waals surface area (Å²) in [5.41, 5.74) is 14.4. The molecule has 0 bridgehead atoms. The molecule has 0 aliphatic heterocycles. The first-order valence-corrected chi connectivity index (χ1v) is 21.3. The van der Waals surface area contributed by atoms with Crippen LogP contribution < -0.4 is 4.90 Å². The molecule has 11 aromatic carbocycles. The van der Waals surface area contributed by atoms with E-state index in [1.165, 1.54) is 54.6 Å². The Kier molecular flexibility index (Phi) is 8.53. The summed E-state index contributed by atoms with van der Waals surface area (Å²) in [6, 6.07) is 85.7. The van der Waals surface area contributed by atoms with Crippen LogP contribution in [-0.4, -0.2) is 0 Å². The van der Waals surface area contributed by atoms with Crippen molar-refractivity contribution in [1.82, 2.24) is 0 Å².